The van der Waals surface area contributed by atoms with Crippen LogP contribution in [0.25, 0.3) is 0 Å². The SMILES string of the molecule is Cc1ccccc1C(c1ccccc1C)N1CCCC1C(=O)O. The molecule has 1 N–H and O–H groups in total. The lowest BCUT2D eigenvalue weighted by molar-refractivity contribution is -0.142. The topological polar surface area (TPSA) is 40.5 Å². The molecular weight excluding hydrogens is 286 g/mol. The number of likely N-dealkylation sites (tertiary alicyclic amines) is 1. The van der Waals surface area contributed by atoms with Crippen LogP contribution in [0.15, 0.2) is 48.5 Å². The molecule has 3 nitrogen and oxygen atoms in total. The summed E-state index contributed by atoms with van der Waals surface area (Å²) >= 11 is 0. The minimum Gasteiger partial charge on any atom is -0.480 e. The van der Waals surface area contributed by atoms with Crippen LogP contribution in [0.2, 0.25) is 0 Å². The van der Waals surface area contributed by atoms with Crippen LogP contribution in [0.5, 0.6) is 0 Å². The van der Waals surface area contributed by atoms with Gasteiger partial charge in [0, 0.05) is 6.54 Å². The minimum atomic E-state index is -0.713. The number of carbonyl (C=O) groups is 1. The van der Waals surface area contributed by atoms with Gasteiger partial charge in [-0.3, -0.25) is 9.69 Å². The molecule has 0 saturated carbocycles. The van der Waals surface area contributed by atoms with E-state index in [1.165, 1.54) is 22.3 Å². The highest BCUT2D eigenvalue weighted by molar-refractivity contribution is 5.74. The van der Waals surface area contributed by atoms with E-state index in [9.17, 15) is 9.90 Å². The van der Waals surface area contributed by atoms with Crippen LogP contribution in [-0.2, 0) is 4.79 Å². The van der Waals surface area contributed by atoms with Gasteiger partial charge in [0.25, 0.3) is 0 Å². The maximum absolute atomic E-state index is 11.7. The molecule has 2 aromatic carbocycles. The summed E-state index contributed by atoms with van der Waals surface area (Å²) in [4.78, 5) is 13.9. The van der Waals surface area contributed by atoms with E-state index in [1.54, 1.807) is 0 Å². The third-order valence-electron chi connectivity index (χ3n) is 4.88. The number of rotatable bonds is 4. The van der Waals surface area contributed by atoms with E-state index >= 15 is 0 Å². The Morgan fingerprint density at radius 3 is 2.04 bits per heavy atom. The summed E-state index contributed by atoms with van der Waals surface area (Å²) in [5, 5.41) is 9.62. The second-order valence-corrected chi connectivity index (χ2v) is 6.35. The molecule has 0 aliphatic carbocycles. The molecule has 1 atom stereocenters. The predicted octanol–water partition coefficient (Wildman–Crippen LogP) is 3.94. The highest BCUT2D eigenvalue weighted by atomic mass is 16.4. The third-order valence-corrected chi connectivity index (χ3v) is 4.88. The maximum Gasteiger partial charge on any atom is 0.320 e. The highest BCUT2D eigenvalue weighted by Gasteiger charge is 2.37. The quantitative estimate of drug-likeness (QED) is 0.930. The zero-order valence-electron chi connectivity index (χ0n) is 13.7. The van der Waals surface area contributed by atoms with Gasteiger partial charge in [0.1, 0.15) is 6.04 Å². The molecule has 3 rings (SSSR count). The number of aryl methyl sites for hydroxylation is 2. The van der Waals surface area contributed by atoms with E-state index in [2.05, 4.69) is 43.0 Å². The predicted molar refractivity (Wildman–Crippen MR) is 91.6 cm³/mol. The van der Waals surface area contributed by atoms with Gasteiger partial charge in [-0.25, -0.2) is 0 Å². The van der Waals surface area contributed by atoms with E-state index < -0.39 is 12.0 Å². The van der Waals surface area contributed by atoms with Crippen molar-refractivity contribution in [3.8, 4) is 0 Å². The van der Waals surface area contributed by atoms with Gasteiger partial charge in [-0.1, -0.05) is 48.5 Å². The van der Waals surface area contributed by atoms with Crippen LogP contribution in [0, 0.1) is 13.8 Å². The fourth-order valence-corrected chi connectivity index (χ4v) is 3.68. The number of benzene rings is 2. The highest BCUT2D eigenvalue weighted by Crippen LogP contribution is 2.37. The fourth-order valence-electron chi connectivity index (χ4n) is 3.68. The minimum absolute atomic E-state index is 0.000926. The molecule has 1 aliphatic heterocycles. The third kappa shape index (κ3) is 3.02. The second-order valence-electron chi connectivity index (χ2n) is 6.35. The van der Waals surface area contributed by atoms with E-state index in [1.807, 2.05) is 24.3 Å². The first-order valence-electron chi connectivity index (χ1n) is 8.19. The van der Waals surface area contributed by atoms with Crippen LogP contribution in [0.3, 0.4) is 0 Å². The van der Waals surface area contributed by atoms with Gasteiger partial charge in [-0.05, 0) is 48.9 Å². The van der Waals surface area contributed by atoms with Crippen LogP contribution in [0.4, 0.5) is 0 Å². The van der Waals surface area contributed by atoms with Crippen molar-refractivity contribution in [2.75, 3.05) is 6.54 Å². The molecule has 0 radical (unpaired) electrons. The first kappa shape index (κ1) is 15.8. The van der Waals surface area contributed by atoms with Crippen molar-refractivity contribution in [2.24, 2.45) is 0 Å². The lowest BCUT2D eigenvalue weighted by Gasteiger charge is -2.33. The van der Waals surface area contributed by atoms with Crippen molar-refractivity contribution in [2.45, 2.75) is 38.8 Å². The van der Waals surface area contributed by atoms with Gasteiger partial charge < -0.3 is 5.11 Å². The fraction of sp³-hybridized carbons (Fsp3) is 0.350. The Morgan fingerprint density at radius 1 is 1.04 bits per heavy atom. The molecule has 1 fully saturated rings. The Bertz CT molecular complexity index is 665. The van der Waals surface area contributed by atoms with Crippen LogP contribution < -0.4 is 0 Å². The number of hydrogen-bond acceptors (Lipinski definition) is 2. The zero-order chi connectivity index (χ0) is 16.4. The summed E-state index contributed by atoms with van der Waals surface area (Å²) < 4.78 is 0. The zero-order valence-corrected chi connectivity index (χ0v) is 13.7. The number of aliphatic carboxylic acids is 1. The summed E-state index contributed by atoms with van der Waals surface area (Å²) in [6.45, 7) is 5.03. The summed E-state index contributed by atoms with van der Waals surface area (Å²) in [5.41, 5.74) is 4.82. The van der Waals surface area contributed by atoms with Gasteiger partial charge in [0.15, 0.2) is 0 Å². The number of hydrogen-bond donors (Lipinski definition) is 1. The molecular formula is C20H23NO2. The molecule has 1 heterocycles. The van der Waals surface area contributed by atoms with E-state index in [-0.39, 0.29) is 6.04 Å². The molecule has 0 spiro atoms. The Hall–Kier alpha value is -2.13. The molecule has 0 aromatic heterocycles. The van der Waals surface area contributed by atoms with Gasteiger partial charge >= 0.3 is 5.97 Å². The lowest BCUT2D eigenvalue weighted by Crippen LogP contribution is -2.39. The Labute approximate surface area is 137 Å². The largest absolute Gasteiger partial charge is 0.480 e. The van der Waals surface area contributed by atoms with Crippen molar-refractivity contribution in [3.05, 3.63) is 70.8 Å². The van der Waals surface area contributed by atoms with Gasteiger partial charge in [0.05, 0.1) is 6.04 Å². The standard InChI is InChI=1S/C20H23NO2/c1-14-8-3-5-10-16(14)19(17-11-6-4-9-15(17)2)21-13-7-12-18(21)20(22)23/h3-6,8-11,18-19H,7,12-13H2,1-2H3,(H,22,23). The van der Waals surface area contributed by atoms with Gasteiger partial charge in [-0.15, -0.1) is 0 Å². The number of carboxylic acids is 1. The molecule has 1 aliphatic rings. The Kier molecular flexibility index (Phi) is 4.49. The first-order valence-corrected chi connectivity index (χ1v) is 8.19. The van der Waals surface area contributed by atoms with E-state index in [0.29, 0.717) is 0 Å². The molecule has 2 aromatic rings. The second kappa shape index (κ2) is 6.55. The Balaban J connectivity index is 2.13. The average molecular weight is 309 g/mol. The van der Waals surface area contributed by atoms with E-state index in [0.717, 1.165) is 19.4 Å². The smallest absolute Gasteiger partial charge is 0.320 e. The summed E-state index contributed by atoms with van der Waals surface area (Å²) in [5.74, 6) is -0.713. The molecule has 1 unspecified atom stereocenters. The lowest BCUT2D eigenvalue weighted by atomic mass is 9.90. The average Bonchev–Trinajstić information content (AvgIpc) is 3.01. The summed E-state index contributed by atoms with van der Waals surface area (Å²) in [6.07, 6.45) is 1.66. The molecule has 3 heteroatoms. The van der Waals surface area contributed by atoms with Crippen LogP contribution in [-0.4, -0.2) is 28.6 Å². The molecule has 1 saturated heterocycles. The van der Waals surface area contributed by atoms with Gasteiger partial charge in [0.2, 0.25) is 0 Å². The maximum atomic E-state index is 11.7. The number of carboxylic acid groups (broad SMARTS) is 1. The van der Waals surface area contributed by atoms with Crippen molar-refractivity contribution >= 4 is 5.97 Å². The van der Waals surface area contributed by atoms with Crippen molar-refractivity contribution in [3.63, 3.8) is 0 Å². The van der Waals surface area contributed by atoms with Crippen molar-refractivity contribution in [1.82, 2.24) is 4.90 Å². The van der Waals surface area contributed by atoms with Crippen LogP contribution in [0.1, 0.15) is 41.1 Å². The normalized spacial score (nSPS) is 18.5. The van der Waals surface area contributed by atoms with Crippen molar-refractivity contribution < 1.29 is 9.90 Å². The van der Waals surface area contributed by atoms with Gasteiger partial charge in [-0.2, -0.15) is 0 Å². The summed E-state index contributed by atoms with van der Waals surface area (Å²) in [6, 6.07) is 16.2. The van der Waals surface area contributed by atoms with Crippen molar-refractivity contribution in [1.29, 1.82) is 0 Å². The molecule has 0 amide bonds. The summed E-state index contributed by atoms with van der Waals surface area (Å²) in [7, 11) is 0. The Morgan fingerprint density at radius 2 is 1.57 bits per heavy atom. The first-order chi connectivity index (χ1) is 11.1. The monoisotopic (exact) mass is 309 g/mol. The van der Waals surface area contributed by atoms with E-state index in [4.69, 9.17) is 0 Å². The molecule has 23 heavy (non-hydrogen) atoms. The molecule has 0 bridgehead atoms. The van der Waals surface area contributed by atoms with Crippen LogP contribution >= 0.6 is 0 Å². The molecule has 120 valence electrons. The number of nitrogens with zero attached hydrogens (tertiary/aromatic N) is 1.